The number of hydrogen-bond donors (Lipinski definition) is 1. The summed E-state index contributed by atoms with van der Waals surface area (Å²) in [6, 6.07) is 6.99. The maximum atomic E-state index is 9.33. The second-order valence-corrected chi connectivity index (χ2v) is 3.69. The zero-order chi connectivity index (χ0) is 12.1. The molecule has 1 heterocycles. The van der Waals surface area contributed by atoms with Crippen molar-refractivity contribution in [1.82, 2.24) is 10.1 Å². The van der Waals surface area contributed by atoms with E-state index in [1.165, 1.54) is 0 Å². The van der Waals surface area contributed by atoms with E-state index in [0.717, 1.165) is 5.56 Å². The first-order valence-electron chi connectivity index (χ1n) is 5.36. The van der Waals surface area contributed by atoms with Crippen LogP contribution >= 0.6 is 0 Å². The van der Waals surface area contributed by atoms with Crippen LogP contribution in [-0.4, -0.2) is 29.0 Å². The lowest BCUT2D eigenvalue weighted by Crippen LogP contribution is -1.96. The molecule has 0 radical (unpaired) electrons. The van der Waals surface area contributed by atoms with Crippen molar-refractivity contribution in [2.75, 3.05) is 13.7 Å². The first kappa shape index (κ1) is 11.6. The van der Waals surface area contributed by atoms with Gasteiger partial charge in [0.15, 0.2) is 5.82 Å². The summed E-state index contributed by atoms with van der Waals surface area (Å²) in [6.45, 7) is 0.575. The van der Waals surface area contributed by atoms with Crippen molar-refractivity contribution < 1.29 is 14.4 Å². The van der Waals surface area contributed by atoms with E-state index in [4.69, 9.17) is 9.26 Å². The number of phenols is 1. The van der Waals surface area contributed by atoms with Crippen LogP contribution in [0, 0.1) is 0 Å². The molecule has 0 spiro atoms. The molecule has 0 unspecified atom stereocenters. The summed E-state index contributed by atoms with van der Waals surface area (Å²) in [5.74, 6) is 1.42. The average molecular weight is 234 g/mol. The zero-order valence-corrected chi connectivity index (χ0v) is 9.59. The number of methoxy groups -OCH3 is 1. The minimum absolute atomic E-state index is 0.238. The summed E-state index contributed by atoms with van der Waals surface area (Å²) in [6.07, 6.45) is 1.16. The van der Waals surface area contributed by atoms with Crippen molar-refractivity contribution in [3.8, 4) is 5.75 Å². The molecule has 1 N–H and O–H groups in total. The normalized spacial score (nSPS) is 10.6. The number of phenolic OH excluding ortho intramolecular Hbond substituents is 1. The van der Waals surface area contributed by atoms with Crippen molar-refractivity contribution in [1.29, 1.82) is 0 Å². The highest BCUT2D eigenvalue weighted by Gasteiger charge is 2.07. The molecule has 1 aromatic carbocycles. The van der Waals surface area contributed by atoms with Crippen molar-refractivity contribution in [3.05, 3.63) is 41.5 Å². The molecule has 0 saturated carbocycles. The molecule has 2 aromatic rings. The first-order chi connectivity index (χ1) is 8.28. The standard InChI is InChI=1S/C12H14N2O3/c1-16-6-5-11-13-12(17-14-11)8-9-3-2-4-10(15)7-9/h2-4,7,15H,5-6,8H2,1H3. The van der Waals surface area contributed by atoms with Crippen LogP contribution in [0.3, 0.4) is 0 Å². The van der Waals surface area contributed by atoms with Gasteiger partial charge in [0.25, 0.3) is 0 Å². The van der Waals surface area contributed by atoms with Gasteiger partial charge < -0.3 is 14.4 Å². The highest BCUT2D eigenvalue weighted by atomic mass is 16.5. The number of benzene rings is 1. The number of rotatable bonds is 5. The Morgan fingerprint density at radius 2 is 2.29 bits per heavy atom. The maximum Gasteiger partial charge on any atom is 0.231 e. The molecule has 0 aliphatic carbocycles. The van der Waals surface area contributed by atoms with Crippen LogP contribution in [0.1, 0.15) is 17.3 Å². The lowest BCUT2D eigenvalue weighted by atomic mass is 10.1. The van der Waals surface area contributed by atoms with Crippen LogP contribution in [-0.2, 0) is 17.6 Å². The fraction of sp³-hybridized carbons (Fsp3) is 0.333. The van der Waals surface area contributed by atoms with E-state index in [0.29, 0.717) is 31.2 Å². The van der Waals surface area contributed by atoms with Crippen LogP contribution in [0.2, 0.25) is 0 Å². The molecule has 90 valence electrons. The Morgan fingerprint density at radius 1 is 1.41 bits per heavy atom. The lowest BCUT2D eigenvalue weighted by molar-refractivity contribution is 0.199. The van der Waals surface area contributed by atoms with Gasteiger partial charge in [-0.05, 0) is 17.7 Å². The summed E-state index contributed by atoms with van der Waals surface area (Å²) in [5, 5.41) is 13.2. The zero-order valence-electron chi connectivity index (χ0n) is 9.59. The number of nitrogens with zero attached hydrogens (tertiary/aromatic N) is 2. The SMILES string of the molecule is COCCc1noc(Cc2cccc(O)c2)n1. The third kappa shape index (κ3) is 3.29. The molecule has 5 heteroatoms. The van der Waals surface area contributed by atoms with Gasteiger partial charge in [0.1, 0.15) is 5.75 Å². The van der Waals surface area contributed by atoms with E-state index >= 15 is 0 Å². The average Bonchev–Trinajstić information content (AvgIpc) is 2.74. The summed E-state index contributed by atoms with van der Waals surface area (Å²) < 4.78 is 10.0. The van der Waals surface area contributed by atoms with Crippen molar-refractivity contribution in [2.45, 2.75) is 12.8 Å². The molecule has 0 fully saturated rings. The Labute approximate surface area is 99.0 Å². The van der Waals surface area contributed by atoms with Gasteiger partial charge in [-0.3, -0.25) is 0 Å². The Kier molecular flexibility index (Phi) is 3.72. The molecule has 0 aliphatic heterocycles. The van der Waals surface area contributed by atoms with E-state index in [9.17, 15) is 5.11 Å². The van der Waals surface area contributed by atoms with Gasteiger partial charge in [-0.15, -0.1) is 0 Å². The van der Waals surface area contributed by atoms with Crippen LogP contribution in [0.15, 0.2) is 28.8 Å². The monoisotopic (exact) mass is 234 g/mol. The van der Waals surface area contributed by atoms with Gasteiger partial charge >= 0.3 is 0 Å². The van der Waals surface area contributed by atoms with Gasteiger partial charge in [-0.1, -0.05) is 17.3 Å². The second-order valence-electron chi connectivity index (χ2n) is 3.69. The molecule has 2 rings (SSSR count). The quantitative estimate of drug-likeness (QED) is 0.850. The highest BCUT2D eigenvalue weighted by Crippen LogP contribution is 2.14. The van der Waals surface area contributed by atoms with Crippen LogP contribution < -0.4 is 0 Å². The van der Waals surface area contributed by atoms with Crippen LogP contribution in [0.5, 0.6) is 5.75 Å². The van der Waals surface area contributed by atoms with Crippen molar-refractivity contribution in [3.63, 3.8) is 0 Å². The minimum Gasteiger partial charge on any atom is -0.508 e. The fourth-order valence-electron chi connectivity index (χ4n) is 1.50. The van der Waals surface area contributed by atoms with E-state index < -0.39 is 0 Å². The third-order valence-electron chi connectivity index (χ3n) is 2.31. The summed E-state index contributed by atoms with van der Waals surface area (Å²) >= 11 is 0. The van der Waals surface area contributed by atoms with E-state index in [2.05, 4.69) is 10.1 Å². The number of ether oxygens (including phenoxy) is 1. The molecule has 5 nitrogen and oxygen atoms in total. The van der Waals surface area contributed by atoms with Gasteiger partial charge in [0.05, 0.1) is 13.0 Å². The smallest absolute Gasteiger partial charge is 0.231 e. The first-order valence-corrected chi connectivity index (χ1v) is 5.36. The summed E-state index contributed by atoms with van der Waals surface area (Å²) in [4.78, 5) is 4.23. The van der Waals surface area contributed by atoms with Gasteiger partial charge in [0.2, 0.25) is 5.89 Å². The minimum atomic E-state index is 0.238. The van der Waals surface area contributed by atoms with E-state index in [1.807, 2.05) is 6.07 Å². The number of aromatic hydroxyl groups is 1. The molecule has 17 heavy (non-hydrogen) atoms. The van der Waals surface area contributed by atoms with Crippen molar-refractivity contribution >= 4 is 0 Å². The van der Waals surface area contributed by atoms with Gasteiger partial charge in [-0.25, -0.2) is 0 Å². The maximum absolute atomic E-state index is 9.33. The molecule has 0 bridgehead atoms. The fourth-order valence-corrected chi connectivity index (χ4v) is 1.50. The Hall–Kier alpha value is -1.88. The van der Waals surface area contributed by atoms with Crippen LogP contribution in [0.25, 0.3) is 0 Å². The summed E-state index contributed by atoms with van der Waals surface area (Å²) in [7, 11) is 1.63. The molecular weight excluding hydrogens is 220 g/mol. The Bertz CT molecular complexity index is 482. The third-order valence-corrected chi connectivity index (χ3v) is 2.31. The van der Waals surface area contributed by atoms with Crippen LogP contribution in [0.4, 0.5) is 0 Å². The Balaban J connectivity index is 2.01. The molecular formula is C12H14N2O3. The number of hydrogen-bond acceptors (Lipinski definition) is 5. The molecule has 0 aliphatic rings. The second kappa shape index (κ2) is 5.45. The molecule has 0 amide bonds. The predicted octanol–water partition coefficient (Wildman–Crippen LogP) is 1.55. The largest absolute Gasteiger partial charge is 0.508 e. The van der Waals surface area contributed by atoms with Gasteiger partial charge in [-0.2, -0.15) is 4.98 Å². The number of aromatic nitrogens is 2. The molecule has 0 atom stereocenters. The predicted molar refractivity (Wildman–Crippen MR) is 60.8 cm³/mol. The van der Waals surface area contributed by atoms with E-state index in [1.54, 1.807) is 25.3 Å². The molecule has 0 saturated heterocycles. The topological polar surface area (TPSA) is 68.4 Å². The molecule has 1 aromatic heterocycles. The Morgan fingerprint density at radius 3 is 3.06 bits per heavy atom. The van der Waals surface area contributed by atoms with E-state index in [-0.39, 0.29) is 5.75 Å². The summed E-state index contributed by atoms with van der Waals surface area (Å²) in [5.41, 5.74) is 0.937. The highest BCUT2D eigenvalue weighted by molar-refractivity contribution is 5.28. The van der Waals surface area contributed by atoms with Crippen molar-refractivity contribution in [2.24, 2.45) is 0 Å². The van der Waals surface area contributed by atoms with Gasteiger partial charge in [0, 0.05) is 13.5 Å². The lowest BCUT2D eigenvalue weighted by Gasteiger charge is -1.97.